The molecule has 0 saturated carbocycles. The first-order chi connectivity index (χ1) is 12.8. The molecule has 0 spiro atoms. The average molecular weight is 345 g/mol. The van der Waals surface area contributed by atoms with Gasteiger partial charge in [0.2, 0.25) is 0 Å². The Morgan fingerprint density at radius 1 is 0.808 bits per heavy atom. The van der Waals surface area contributed by atoms with Gasteiger partial charge in [0, 0.05) is 18.8 Å². The lowest BCUT2D eigenvalue weighted by Crippen LogP contribution is -2.22. The summed E-state index contributed by atoms with van der Waals surface area (Å²) >= 11 is 0. The number of benzene rings is 3. The molecule has 0 radical (unpaired) electrons. The fourth-order valence-corrected chi connectivity index (χ4v) is 2.89. The monoisotopic (exact) mass is 345 g/mol. The van der Waals surface area contributed by atoms with Gasteiger partial charge in [-0.1, -0.05) is 66.7 Å². The predicted molar refractivity (Wildman–Crippen MR) is 105 cm³/mol. The normalized spacial score (nSPS) is 10.3. The van der Waals surface area contributed by atoms with Crippen molar-refractivity contribution in [1.29, 1.82) is 0 Å². The summed E-state index contributed by atoms with van der Waals surface area (Å²) < 4.78 is 5.14. The van der Waals surface area contributed by atoms with Crippen LogP contribution >= 0.6 is 0 Å². The quantitative estimate of drug-likeness (QED) is 0.560. The van der Waals surface area contributed by atoms with Crippen LogP contribution in [0, 0.1) is 0 Å². The van der Waals surface area contributed by atoms with Gasteiger partial charge in [0.15, 0.2) is 0 Å². The lowest BCUT2D eigenvalue weighted by Gasteiger charge is -2.25. The zero-order valence-electron chi connectivity index (χ0n) is 15.0. The number of ether oxygens (including phenoxy) is 1. The van der Waals surface area contributed by atoms with Crippen molar-refractivity contribution in [2.24, 2.45) is 0 Å². The first-order valence-corrected chi connectivity index (χ1v) is 8.86. The maximum atomic E-state index is 12.1. The Kier molecular flexibility index (Phi) is 6.05. The van der Waals surface area contributed by atoms with Gasteiger partial charge in [0.1, 0.15) is 0 Å². The van der Waals surface area contributed by atoms with Crippen LogP contribution in [0.25, 0.3) is 0 Å². The van der Waals surface area contributed by atoms with E-state index in [0.29, 0.717) is 12.2 Å². The van der Waals surface area contributed by atoms with Gasteiger partial charge in [-0.05, 0) is 36.2 Å². The van der Waals surface area contributed by atoms with Gasteiger partial charge in [-0.15, -0.1) is 0 Å². The van der Waals surface area contributed by atoms with Crippen molar-refractivity contribution < 1.29 is 9.53 Å². The van der Waals surface area contributed by atoms with E-state index in [1.54, 1.807) is 6.07 Å². The molecule has 0 unspecified atom stereocenters. The number of hydrogen-bond donors (Lipinski definition) is 0. The number of rotatable bonds is 7. The lowest BCUT2D eigenvalue weighted by molar-refractivity contribution is 0.0526. The standard InChI is InChI=1S/C23H23NO2/c1-2-26-23(25)21-14-9-15-22(16-21)24(17-19-10-5-3-6-11-19)18-20-12-7-4-8-13-20/h3-16H,2,17-18H2,1H3. The smallest absolute Gasteiger partial charge is 0.338 e. The highest BCUT2D eigenvalue weighted by atomic mass is 16.5. The summed E-state index contributed by atoms with van der Waals surface area (Å²) in [5.74, 6) is -0.284. The second-order valence-corrected chi connectivity index (χ2v) is 6.10. The van der Waals surface area contributed by atoms with Crippen molar-refractivity contribution >= 4 is 11.7 Å². The molecule has 0 atom stereocenters. The highest BCUT2D eigenvalue weighted by molar-refractivity contribution is 5.90. The number of hydrogen-bond acceptors (Lipinski definition) is 3. The van der Waals surface area contributed by atoms with E-state index < -0.39 is 0 Å². The van der Waals surface area contributed by atoms with E-state index in [2.05, 4.69) is 29.2 Å². The van der Waals surface area contributed by atoms with E-state index in [1.807, 2.05) is 61.5 Å². The second kappa shape index (κ2) is 8.86. The van der Waals surface area contributed by atoms with Gasteiger partial charge in [-0.2, -0.15) is 0 Å². The fourth-order valence-electron chi connectivity index (χ4n) is 2.89. The van der Waals surface area contributed by atoms with Crippen molar-refractivity contribution in [3.8, 4) is 0 Å². The minimum absolute atomic E-state index is 0.284. The number of esters is 1. The van der Waals surface area contributed by atoms with E-state index in [-0.39, 0.29) is 5.97 Å². The van der Waals surface area contributed by atoms with Gasteiger partial charge < -0.3 is 9.64 Å². The minimum atomic E-state index is -0.284. The Hall–Kier alpha value is -3.07. The molecule has 0 heterocycles. The van der Waals surface area contributed by atoms with E-state index in [9.17, 15) is 4.79 Å². The average Bonchev–Trinajstić information content (AvgIpc) is 2.69. The Bertz CT molecular complexity index is 790. The Labute approximate surface area is 154 Å². The van der Waals surface area contributed by atoms with Crippen LogP contribution in [0.1, 0.15) is 28.4 Å². The third-order valence-corrected chi connectivity index (χ3v) is 4.15. The Morgan fingerprint density at radius 2 is 1.38 bits per heavy atom. The van der Waals surface area contributed by atoms with Crippen LogP contribution in [0.3, 0.4) is 0 Å². The molecule has 0 saturated heterocycles. The molecule has 0 aliphatic heterocycles. The van der Waals surface area contributed by atoms with Gasteiger partial charge >= 0.3 is 5.97 Å². The summed E-state index contributed by atoms with van der Waals surface area (Å²) in [4.78, 5) is 14.4. The molecular formula is C23H23NO2. The number of nitrogens with zero attached hydrogens (tertiary/aromatic N) is 1. The molecule has 132 valence electrons. The maximum absolute atomic E-state index is 12.1. The van der Waals surface area contributed by atoms with Crippen LogP contribution in [0.2, 0.25) is 0 Å². The summed E-state index contributed by atoms with van der Waals surface area (Å²) in [7, 11) is 0. The predicted octanol–water partition coefficient (Wildman–Crippen LogP) is 5.07. The maximum Gasteiger partial charge on any atom is 0.338 e. The third-order valence-electron chi connectivity index (χ3n) is 4.15. The molecule has 0 bridgehead atoms. The van der Waals surface area contributed by atoms with Crippen LogP contribution in [0.15, 0.2) is 84.9 Å². The second-order valence-electron chi connectivity index (χ2n) is 6.10. The van der Waals surface area contributed by atoms with Gasteiger partial charge in [-0.3, -0.25) is 0 Å². The van der Waals surface area contributed by atoms with Gasteiger partial charge in [0.05, 0.1) is 12.2 Å². The van der Waals surface area contributed by atoms with Crippen molar-refractivity contribution in [2.75, 3.05) is 11.5 Å². The van der Waals surface area contributed by atoms with Gasteiger partial charge in [0.25, 0.3) is 0 Å². The fraction of sp³-hybridized carbons (Fsp3) is 0.174. The molecule has 3 heteroatoms. The van der Waals surface area contributed by atoms with E-state index in [4.69, 9.17) is 4.74 Å². The Balaban J connectivity index is 1.89. The molecule has 26 heavy (non-hydrogen) atoms. The van der Waals surface area contributed by atoms with E-state index in [1.165, 1.54) is 11.1 Å². The third kappa shape index (κ3) is 4.73. The first kappa shape index (κ1) is 17.7. The molecule has 0 fully saturated rings. The SMILES string of the molecule is CCOC(=O)c1cccc(N(Cc2ccccc2)Cc2ccccc2)c1. The number of carbonyl (C=O) groups excluding carboxylic acids is 1. The largest absolute Gasteiger partial charge is 0.462 e. The summed E-state index contributed by atoms with van der Waals surface area (Å²) in [5, 5.41) is 0. The van der Waals surface area contributed by atoms with Crippen LogP contribution < -0.4 is 4.90 Å². The van der Waals surface area contributed by atoms with Crippen LogP contribution in [-0.2, 0) is 17.8 Å². The summed E-state index contributed by atoms with van der Waals surface area (Å²) in [6, 6.07) is 28.3. The van der Waals surface area contributed by atoms with Crippen LogP contribution in [0.5, 0.6) is 0 Å². The highest BCUT2D eigenvalue weighted by Crippen LogP contribution is 2.22. The molecule has 3 aromatic rings. The first-order valence-electron chi connectivity index (χ1n) is 8.86. The van der Waals surface area contributed by atoms with Gasteiger partial charge in [-0.25, -0.2) is 4.79 Å². The summed E-state index contributed by atoms with van der Waals surface area (Å²) in [6.45, 7) is 3.73. The highest BCUT2D eigenvalue weighted by Gasteiger charge is 2.12. The molecule has 0 amide bonds. The number of carbonyl (C=O) groups is 1. The van der Waals surface area contributed by atoms with Crippen LogP contribution in [0.4, 0.5) is 5.69 Å². The van der Waals surface area contributed by atoms with Crippen molar-refractivity contribution in [3.63, 3.8) is 0 Å². The molecular weight excluding hydrogens is 322 g/mol. The van der Waals surface area contributed by atoms with Crippen molar-refractivity contribution in [1.82, 2.24) is 0 Å². The summed E-state index contributed by atoms with van der Waals surface area (Å²) in [5.41, 5.74) is 4.04. The molecule has 3 aromatic carbocycles. The van der Waals surface area contributed by atoms with E-state index in [0.717, 1.165) is 18.8 Å². The minimum Gasteiger partial charge on any atom is -0.462 e. The zero-order chi connectivity index (χ0) is 18.2. The van der Waals surface area contributed by atoms with E-state index >= 15 is 0 Å². The Morgan fingerprint density at radius 3 is 1.92 bits per heavy atom. The molecule has 0 aromatic heterocycles. The summed E-state index contributed by atoms with van der Waals surface area (Å²) in [6.07, 6.45) is 0. The van der Waals surface area contributed by atoms with Crippen LogP contribution in [-0.4, -0.2) is 12.6 Å². The molecule has 0 aliphatic carbocycles. The molecule has 3 rings (SSSR count). The molecule has 0 aliphatic rings. The lowest BCUT2D eigenvalue weighted by atomic mass is 10.1. The zero-order valence-corrected chi connectivity index (χ0v) is 15.0. The van der Waals surface area contributed by atoms with Crippen molar-refractivity contribution in [2.45, 2.75) is 20.0 Å². The topological polar surface area (TPSA) is 29.5 Å². The number of anilines is 1. The molecule has 0 N–H and O–H groups in total. The van der Waals surface area contributed by atoms with Crippen molar-refractivity contribution in [3.05, 3.63) is 102 Å². The molecule has 3 nitrogen and oxygen atoms in total.